The van der Waals surface area contributed by atoms with Crippen molar-refractivity contribution in [2.75, 3.05) is 50.9 Å². The van der Waals surface area contributed by atoms with Crippen molar-refractivity contribution in [2.45, 2.75) is 6.42 Å². The van der Waals surface area contributed by atoms with Crippen LogP contribution in [0.1, 0.15) is 12.0 Å². The molecule has 9 heteroatoms. The Balaban J connectivity index is 0.00000181. The molecule has 2 aromatic carbocycles. The molecule has 1 N–H and O–H groups in total. The van der Waals surface area contributed by atoms with E-state index in [0.717, 1.165) is 56.2 Å². The lowest BCUT2D eigenvalue weighted by Gasteiger charge is -2.38. The molecule has 1 unspecified atom stereocenters. The van der Waals surface area contributed by atoms with Gasteiger partial charge in [-0.2, -0.15) is 5.10 Å². The molecule has 0 saturated carbocycles. The van der Waals surface area contributed by atoms with Crippen molar-refractivity contribution in [3.8, 4) is 0 Å². The highest BCUT2D eigenvalue weighted by atomic mass is 35.5. The van der Waals surface area contributed by atoms with Crippen molar-refractivity contribution >= 4 is 53.7 Å². The number of carbonyl (C=O) groups is 1. The molecule has 32 heavy (non-hydrogen) atoms. The number of halogens is 3. The number of benzene rings is 2. The summed E-state index contributed by atoms with van der Waals surface area (Å²) in [5, 5.41) is 16.2. The molecule has 2 heterocycles. The molecule has 2 aliphatic rings. The van der Waals surface area contributed by atoms with E-state index in [9.17, 15) is 4.79 Å². The van der Waals surface area contributed by atoms with Crippen LogP contribution in [0.3, 0.4) is 0 Å². The summed E-state index contributed by atoms with van der Waals surface area (Å²) in [7, 11) is 0. The van der Waals surface area contributed by atoms with Gasteiger partial charge in [-0.1, -0.05) is 41.9 Å². The summed E-state index contributed by atoms with van der Waals surface area (Å²) in [6, 6.07) is 17.3. The van der Waals surface area contributed by atoms with E-state index in [1.165, 1.54) is 5.01 Å². The molecule has 174 valence electrons. The Morgan fingerprint density at radius 2 is 1.56 bits per heavy atom. The summed E-state index contributed by atoms with van der Waals surface area (Å²) in [5.41, 5.74) is 2.70. The SMILES string of the molecule is Cl.Cl.O=C1CC(CN2CCN(CCO)CC2)C(c2ccc(Cl)cc2)=NN1c1ccccc1. The average Bonchev–Trinajstić information content (AvgIpc) is 2.77. The number of para-hydroxylation sites is 1. The van der Waals surface area contributed by atoms with Crippen LogP contribution in [0.5, 0.6) is 0 Å². The Kier molecular flexibility index (Phi) is 10.4. The maximum atomic E-state index is 13.0. The van der Waals surface area contributed by atoms with Gasteiger partial charge < -0.3 is 10.0 Å². The number of carbonyl (C=O) groups excluding carboxylic acids is 1. The highest BCUT2D eigenvalue weighted by Gasteiger charge is 2.33. The lowest BCUT2D eigenvalue weighted by atomic mass is 9.91. The third-order valence-corrected chi connectivity index (χ3v) is 6.00. The molecule has 2 aromatic rings. The highest BCUT2D eigenvalue weighted by molar-refractivity contribution is 6.30. The molecule has 0 aliphatic carbocycles. The van der Waals surface area contributed by atoms with Crippen molar-refractivity contribution in [3.63, 3.8) is 0 Å². The third-order valence-electron chi connectivity index (χ3n) is 5.75. The maximum Gasteiger partial charge on any atom is 0.248 e. The van der Waals surface area contributed by atoms with Gasteiger partial charge in [0, 0.05) is 56.6 Å². The third kappa shape index (κ3) is 6.44. The van der Waals surface area contributed by atoms with E-state index in [1.54, 1.807) is 0 Å². The van der Waals surface area contributed by atoms with Gasteiger partial charge in [0.1, 0.15) is 0 Å². The molecular formula is C23H29Cl3N4O2. The Labute approximate surface area is 206 Å². The minimum atomic E-state index is 0. The molecule has 0 spiro atoms. The van der Waals surface area contributed by atoms with Crippen LogP contribution in [-0.2, 0) is 4.79 Å². The second-order valence-electron chi connectivity index (χ2n) is 7.80. The molecule has 1 atom stereocenters. The molecule has 0 aromatic heterocycles. The molecule has 0 radical (unpaired) electrons. The normalized spacial score (nSPS) is 19.7. The van der Waals surface area contributed by atoms with E-state index in [-0.39, 0.29) is 43.2 Å². The fraction of sp³-hybridized carbons (Fsp3) is 0.391. The van der Waals surface area contributed by atoms with Crippen LogP contribution in [0, 0.1) is 5.92 Å². The Morgan fingerprint density at radius 1 is 0.938 bits per heavy atom. The number of amides is 1. The van der Waals surface area contributed by atoms with Crippen LogP contribution < -0.4 is 5.01 Å². The molecule has 2 aliphatic heterocycles. The Bertz CT molecular complexity index is 888. The predicted molar refractivity (Wildman–Crippen MR) is 134 cm³/mol. The molecule has 0 bridgehead atoms. The second-order valence-corrected chi connectivity index (χ2v) is 8.24. The fourth-order valence-electron chi connectivity index (χ4n) is 4.12. The van der Waals surface area contributed by atoms with Gasteiger partial charge in [-0.3, -0.25) is 9.69 Å². The van der Waals surface area contributed by atoms with Crippen molar-refractivity contribution in [3.05, 3.63) is 65.2 Å². The monoisotopic (exact) mass is 498 g/mol. The van der Waals surface area contributed by atoms with Gasteiger partial charge in [-0.15, -0.1) is 24.8 Å². The van der Waals surface area contributed by atoms with Gasteiger partial charge in [0.25, 0.3) is 0 Å². The van der Waals surface area contributed by atoms with E-state index in [2.05, 4.69) is 9.80 Å². The molecule has 6 nitrogen and oxygen atoms in total. The van der Waals surface area contributed by atoms with Gasteiger partial charge in [0.05, 0.1) is 18.0 Å². The quantitative estimate of drug-likeness (QED) is 0.660. The molecular weight excluding hydrogens is 471 g/mol. The smallest absolute Gasteiger partial charge is 0.248 e. The van der Waals surface area contributed by atoms with Crippen LogP contribution in [0.4, 0.5) is 5.69 Å². The van der Waals surface area contributed by atoms with E-state index in [1.807, 2.05) is 54.6 Å². The largest absolute Gasteiger partial charge is 0.395 e. The van der Waals surface area contributed by atoms with Crippen LogP contribution in [0.15, 0.2) is 59.7 Å². The van der Waals surface area contributed by atoms with E-state index >= 15 is 0 Å². The summed E-state index contributed by atoms with van der Waals surface area (Å²) in [6.45, 7) is 5.44. The predicted octanol–water partition coefficient (Wildman–Crippen LogP) is 3.55. The van der Waals surface area contributed by atoms with Gasteiger partial charge in [-0.05, 0) is 29.8 Å². The van der Waals surface area contributed by atoms with Gasteiger partial charge >= 0.3 is 0 Å². The minimum absolute atomic E-state index is 0. The van der Waals surface area contributed by atoms with E-state index in [0.29, 0.717) is 11.4 Å². The fourth-order valence-corrected chi connectivity index (χ4v) is 4.25. The number of hydrogen-bond donors (Lipinski definition) is 1. The number of nitrogens with zero attached hydrogens (tertiary/aromatic N) is 4. The summed E-state index contributed by atoms with van der Waals surface area (Å²) in [5.74, 6) is 0.0471. The van der Waals surface area contributed by atoms with Crippen LogP contribution in [0.25, 0.3) is 0 Å². The number of aliphatic hydroxyl groups is 1. The number of piperazine rings is 1. The topological polar surface area (TPSA) is 59.4 Å². The second kappa shape index (κ2) is 12.5. The zero-order valence-corrected chi connectivity index (χ0v) is 20.2. The summed E-state index contributed by atoms with van der Waals surface area (Å²) < 4.78 is 0. The number of hydrazone groups is 1. The zero-order chi connectivity index (χ0) is 20.9. The first-order valence-electron chi connectivity index (χ1n) is 10.4. The van der Waals surface area contributed by atoms with Crippen LogP contribution in [0.2, 0.25) is 5.02 Å². The van der Waals surface area contributed by atoms with Crippen molar-refractivity contribution in [2.24, 2.45) is 11.0 Å². The average molecular weight is 500 g/mol. The number of β-amino-alcohol motifs (C(OH)–C–C–N with tert-alkyl or cyclic N) is 1. The summed E-state index contributed by atoms with van der Waals surface area (Å²) >= 11 is 6.09. The van der Waals surface area contributed by atoms with Gasteiger partial charge in [-0.25, -0.2) is 5.01 Å². The summed E-state index contributed by atoms with van der Waals surface area (Å²) in [6.07, 6.45) is 0.424. The number of rotatable bonds is 6. The molecule has 4 rings (SSSR count). The van der Waals surface area contributed by atoms with Crippen LogP contribution >= 0.6 is 36.4 Å². The molecule has 1 saturated heterocycles. The lowest BCUT2D eigenvalue weighted by molar-refractivity contribution is -0.119. The first kappa shape index (κ1) is 26.6. The Morgan fingerprint density at radius 3 is 2.19 bits per heavy atom. The van der Waals surface area contributed by atoms with Gasteiger partial charge in [0.2, 0.25) is 5.91 Å². The molecule has 1 amide bonds. The number of anilines is 1. The maximum absolute atomic E-state index is 13.0. The van der Waals surface area contributed by atoms with Gasteiger partial charge in [0.15, 0.2) is 0 Å². The first-order valence-corrected chi connectivity index (χ1v) is 10.8. The van der Waals surface area contributed by atoms with Crippen molar-refractivity contribution in [1.29, 1.82) is 0 Å². The summed E-state index contributed by atoms with van der Waals surface area (Å²) in [4.78, 5) is 17.6. The Hall–Kier alpha value is -1.67. The number of aliphatic hydroxyl groups excluding tert-OH is 1. The van der Waals surface area contributed by atoms with E-state index in [4.69, 9.17) is 21.8 Å². The minimum Gasteiger partial charge on any atom is -0.395 e. The van der Waals surface area contributed by atoms with Crippen molar-refractivity contribution < 1.29 is 9.90 Å². The van der Waals surface area contributed by atoms with Crippen molar-refractivity contribution in [1.82, 2.24) is 9.80 Å². The first-order chi connectivity index (χ1) is 14.6. The van der Waals surface area contributed by atoms with Crippen LogP contribution in [-0.4, -0.2) is 72.4 Å². The molecule has 1 fully saturated rings. The zero-order valence-electron chi connectivity index (χ0n) is 17.8. The number of hydrogen-bond acceptors (Lipinski definition) is 5. The highest BCUT2D eigenvalue weighted by Crippen LogP contribution is 2.27. The standard InChI is InChI=1S/C23H27ClN4O2.2ClH/c24-20-8-6-18(7-9-20)23-19(17-27-12-10-26(11-13-27)14-15-29)16-22(30)28(25-23)21-4-2-1-3-5-21;;/h1-9,19,29H,10-17H2;2*1H. The van der Waals surface area contributed by atoms with E-state index < -0.39 is 0 Å². The lowest BCUT2D eigenvalue weighted by Crippen LogP contribution is -2.50.